The first-order valence-corrected chi connectivity index (χ1v) is 12.5. The number of hydrogen-bond acceptors (Lipinski definition) is 5. The Hall–Kier alpha value is -2.55. The summed E-state index contributed by atoms with van der Waals surface area (Å²) in [5.41, 5.74) is 1.42. The van der Waals surface area contributed by atoms with Crippen molar-refractivity contribution in [3.8, 4) is 0 Å². The lowest BCUT2D eigenvalue weighted by atomic mass is 9.98. The van der Waals surface area contributed by atoms with Crippen LogP contribution >= 0.6 is 11.8 Å². The van der Waals surface area contributed by atoms with E-state index in [0.29, 0.717) is 30.5 Å². The molecule has 1 aromatic rings. The topological polar surface area (TPSA) is 98.8 Å². The van der Waals surface area contributed by atoms with E-state index in [4.69, 9.17) is 0 Å². The number of aryl methyl sites for hydroxylation is 1. The summed E-state index contributed by atoms with van der Waals surface area (Å²) in [5, 5.41) is 5.74. The first kappa shape index (κ1) is 22.6. The quantitative estimate of drug-likeness (QED) is 0.639. The van der Waals surface area contributed by atoms with E-state index in [1.807, 2.05) is 29.7 Å². The molecule has 2 saturated heterocycles. The molecule has 4 rings (SSSR count). The van der Waals surface area contributed by atoms with Crippen LogP contribution in [-0.4, -0.2) is 70.2 Å². The van der Waals surface area contributed by atoms with Crippen molar-refractivity contribution in [2.75, 3.05) is 36.5 Å². The van der Waals surface area contributed by atoms with Gasteiger partial charge in [-0.2, -0.15) is 11.8 Å². The van der Waals surface area contributed by atoms with Gasteiger partial charge in [0.25, 0.3) is 11.8 Å². The number of hydrogen-bond donors (Lipinski definition) is 2. The van der Waals surface area contributed by atoms with E-state index in [-0.39, 0.29) is 36.7 Å². The van der Waals surface area contributed by atoms with E-state index >= 15 is 0 Å². The van der Waals surface area contributed by atoms with Crippen LogP contribution in [0.3, 0.4) is 0 Å². The number of carbonyl (C=O) groups excluding carboxylic acids is 4. The molecule has 8 nitrogen and oxygen atoms in total. The fourth-order valence-corrected chi connectivity index (χ4v) is 5.60. The molecule has 3 fully saturated rings. The average Bonchev–Trinajstić information content (AvgIpc) is 3.35. The van der Waals surface area contributed by atoms with E-state index in [1.165, 1.54) is 4.90 Å². The van der Waals surface area contributed by atoms with Crippen molar-refractivity contribution in [1.82, 2.24) is 15.1 Å². The third-order valence-corrected chi connectivity index (χ3v) is 7.48. The summed E-state index contributed by atoms with van der Waals surface area (Å²) >= 11 is 1.86. The molecule has 3 aliphatic rings. The summed E-state index contributed by atoms with van der Waals surface area (Å²) in [4.78, 5) is 53.1. The van der Waals surface area contributed by atoms with E-state index < -0.39 is 5.54 Å². The van der Waals surface area contributed by atoms with Crippen LogP contribution in [0.2, 0.25) is 0 Å². The summed E-state index contributed by atoms with van der Waals surface area (Å²) in [6, 6.07) is 4.98. The standard InChI is InChI=1S/C23H30N4O4S/c1-16-15-17(20(29)26-11-13-32-14-12-26)6-7-18(16)24-19(28)5-4-10-27-21(30)23(25-22(27)31)8-2-3-9-23/h6-7,15H,2-5,8-14H2,1H3,(H,24,28)(H,25,31). The molecule has 0 aromatic heterocycles. The Kier molecular flexibility index (Phi) is 6.74. The Morgan fingerprint density at radius 3 is 2.56 bits per heavy atom. The highest BCUT2D eigenvalue weighted by molar-refractivity contribution is 7.99. The Balaban J connectivity index is 1.27. The summed E-state index contributed by atoms with van der Waals surface area (Å²) in [6.45, 7) is 3.63. The first-order valence-electron chi connectivity index (χ1n) is 11.3. The molecular formula is C23H30N4O4S. The highest BCUT2D eigenvalue weighted by Crippen LogP contribution is 2.35. The van der Waals surface area contributed by atoms with E-state index in [2.05, 4.69) is 10.6 Å². The normalized spacial score (nSPS) is 20.0. The van der Waals surface area contributed by atoms with Crippen LogP contribution in [0.1, 0.15) is 54.4 Å². The smallest absolute Gasteiger partial charge is 0.325 e. The lowest BCUT2D eigenvalue weighted by Gasteiger charge is -2.26. The minimum Gasteiger partial charge on any atom is -0.337 e. The predicted octanol–water partition coefficient (Wildman–Crippen LogP) is 2.77. The lowest BCUT2D eigenvalue weighted by Crippen LogP contribution is -2.44. The molecule has 9 heteroatoms. The minimum absolute atomic E-state index is 0.0277. The van der Waals surface area contributed by atoms with Gasteiger partial charge in [0.05, 0.1) is 0 Å². The number of imide groups is 1. The third-order valence-electron chi connectivity index (χ3n) is 6.53. The molecule has 1 aliphatic carbocycles. The van der Waals surface area contributed by atoms with Gasteiger partial charge in [0.1, 0.15) is 5.54 Å². The van der Waals surface area contributed by atoms with E-state index in [9.17, 15) is 19.2 Å². The molecule has 2 heterocycles. The first-order chi connectivity index (χ1) is 15.4. The number of benzene rings is 1. The van der Waals surface area contributed by atoms with Gasteiger partial charge in [-0.1, -0.05) is 12.8 Å². The maximum absolute atomic E-state index is 12.7. The highest BCUT2D eigenvalue weighted by atomic mass is 32.2. The van der Waals surface area contributed by atoms with Gasteiger partial charge < -0.3 is 15.5 Å². The van der Waals surface area contributed by atoms with Gasteiger partial charge in [-0.3, -0.25) is 19.3 Å². The molecular weight excluding hydrogens is 428 g/mol. The Labute approximate surface area is 192 Å². The zero-order valence-corrected chi connectivity index (χ0v) is 19.3. The fourth-order valence-electron chi connectivity index (χ4n) is 4.69. The molecule has 0 radical (unpaired) electrons. The lowest BCUT2D eigenvalue weighted by molar-refractivity contribution is -0.131. The zero-order valence-electron chi connectivity index (χ0n) is 18.4. The van der Waals surface area contributed by atoms with Crippen LogP contribution in [0, 0.1) is 6.92 Å². The van der Waals surface area contributed by atoms with Gasteiger partial charge in [0.2, 0.25) is 5.91 Å². The van der Waals surface area contributed by atoms with Crippen molar-refractivity contribution in [2.45, 2.75) is 51.0 Å². The highest BCUT2D eigenvalue weighted by Gasteiger charge is 2.52. The number of nitrogens with one attached hydrogen (secondary N) is 2. The number of thioether (sulfide) groups is 1. The summed E-state index contributed by atoms with van der Waals surface area (Å²) in [7, 11) is 0. The van der Waals surface area contributed by atoms with Crippen LogP contribution in [0.15, 0.2) is 18.2 Å². The van der Waals surface area contributed by atoms with E-state index in [0.717, 1.165) is 43.0 Å². The zero-order chi connectivity index (χ0) is 22.7. The van der Waals surface area contributed by atoms with Crippen molar-refractivity contribution in [2.24, 2.45) is 0 Å². The maximum Gasteiger partial charge on any atom is 0.325 e. The number of urea groups is 1. The minimum atomic E-state index is -0.706. The number of anilines is 1. The molecule has 2 aliphatic heterocycles. The average molecular weight is 459 g/mol. The predicted molar refractivity (Wildman–Crippen MR) is 124 cm³/mol. The second-order valence-corrected chi connectivity index (χ2v) is 9.99. The van der Waals surface area contributed by atoms with Crippen molar-refractivity contribution in [3.05, 3.63) is 29.3 Å². The third kappa shape index (κ3) is 4.62. The van der Waals surface area contributed by atoms with Gasteiger partial charge >= 0.3 is 6.03 Å². The van der Waals surface area contributed by atoms with Crippen LogP contribution in [0.5, 0.6) is 0 Å². The van der Waals surface area contributed by atoms with Gasteiger partial charge in [0.15, 0.2) is 0 Å². The van der Waals surface area contributed by atoms with Gasteiger partial charge in [0, 0.05) is 48.8 Å². The second kappa shape index (κ2) is 9.52. The molecule has 0 atom stereocenters. The summed E-state index contributed by atoms with van der Waals surface area (Å²) in [5.74, 6) is 1.63. The van der Waals surface area contributed by atoms with Gasteiger partial charge in [-0.15, -0.1) is 0 Å². The van der Waals surface area contributed by atoms with Crippen LogP contribution in [0.4, 0.5) is 10.5 Å². The number of nitrogens with zero attached hydrogens (tertiary/aromatic N) is 2. The molecule has 1 spiro atoms. The molecule has 2 N–H and O–H groups in total. The van der Waals surface area contributed by atoms with Gasteiger partial charge in [-0.05, 0) is 49.9 Å². The monoisotopic (exact) mass is 458 g/mol. The van der Waals surface area contributed by atoms with Gasteiger partial charge in [-0.25, -0.2) is 4.79 Å². The largest absolute Gasteiger partial charge is 0.337 e. The van der Waals surface area contributed by atoms with Crippen molar-refractivity contribution >= 4 is 41.2 Å². The molecule has 32 heavy (non-hydrogen) atoms. The Morgan fingerprint density at radius 1 is 1.16 bits per heavy atom. The summed E-state index contributed by atoms with van der Waals surface area (Å²) < 4.78 is 0. The Morgan fingerprint density at radius 2 is 1.88 bits per heavy atom. The molecule has 5 amide bonds. The SMILES string of the molecule is Cc1cc(C(=O)N2CCSCC2)ccc1NC(=O)CCCN1C(=O)NC2(CCCC2)C1=O. The van der Waals surface area contributed by atoms with Crippen molar-refractivity contribution < 1.29 is 19.2 Å². The van der Waals surface area contributed by atoms with Crippen LogP contribution < -0.4 is 10.6 Å². The number of carbonyl (C=O) groups is 4. The molecule has 1 saturated carbocycles. The molecule has 1 aromatic carbocycles. The van der Waals surface area contributed by atoms with Crippen molar-refractivity contribution in [1.29, 1.82) is 0 Å². The van der Waals surface area contributed by atoms with Crippen molar-refractivity contribution in [3.63, 3.8) is 0 Å². The van der Waals surface area contributed by atoms with Crippen LogP contribution in [0.25, 0.3) is 0 Å². The van der Waals surface area contributed by atoms with Crippen LogP contribution in [-0.2, 0) is 9.59 Å². The molecule has 172 valence electrons. The second-order valence-electron chi connectivity index (χ2n) is 8.76. The number of amides is 5. The Bertz CT molecular complexity index is 923. The fraction of sp³-hybridized carbons (Fsp3) is 0.565. The van der Waals surface area contributed by atoms with E-state index in [1.54, 1.807) is 12.1 Å². The maximum atomic E-state index is 12.7. The molecule has 0 bridgehead atoms. The number of rotatable bonds is 6. The summed E-state index contributed by atoms with van der Waals surface area (Å²) in [6.07, 6.45) is 3.90. The molecule has 0 unspecified atom stereocenters.